The molecule has 0 bridgehead atoms. The van der Waals surface area contributed by atoms with Gasteiger partial charge in [-0.2, -0.15) is 0 Å². The van der Waals surface area contributed by atoms with Crippen LogP contribution in [0.2, 0.25) is 0 Å². The number of alkyl halides is 1. The lowest BCUT2D eigenvalue weighted by atomic mass is 10.1. The summed E-state index contributed by atoms with van der Waals surface area (Å²) in [5.41, 5.74) is 7.98. The molecule has 0 atom stereocenters. The molecule has 0 aliphatic rings. The Balaban J connectivity index is 2.16. The van der Waals surface area contributed by atoms with E-state index < -0.39 is 0 Å². The van der Waals surface area contributed by atoms with Crippen molar-refractivity contribution in [3.8, 4) is 0 Å². The number of nitrogens with two attached hydrogens (primary N) is 1. The number of aliphatic imine (C=N–C) groups is 1. The minimum absolute atomic E-state index is 0.111. The maximum atomic E-state index is 12.0. The van der Waals surface area contributed by atoms with Gasteiger partial charge in [-0.3, -0.25) is 4.79 Å². The molecule has 3 N–H and O–H groups in total. The Morgan fingerprint density at radius 3 is 2.85 bits per heavy atom. The lowest BCUT2D eigenvalue weighted by Gasteiger charge is -2.08. The molecule has 0 unspecified atom stereocenters. The summed E-state index contributed by atoms with van der Waals surface area (Å²) in [6.07, 6.45) is 0. The fourth-order valence-electron chi connectivity index (χ4n) is 1.65. The zero-order chi connectivity index (χ0) is 14.5. The molecule has 2 aromatic rings. The van der Waals surface area contributed by atoms with E-state index in [9.17, 15) is 4.79 Å². The van der Waals surface area contributed by atoms with E-state index in [-0.39, 0.29) is 11.8 Å². The van der Waals surface area contributed by atoms with Crippen LogP contribution < -0.4 is 11.1 Å². The second-order valence-corrected chi connectivity index (χ2v) is 5.38. The zero-order valence-electron chi connectivity index (χ0n) is 10.9. The van der Waals surface area contributed by atoms with Crippen LogP contribution in [-0.2, 0) is 0 Å². The number of halogens is 1. The van der Waals surface area contributed by atoms with E-state index in [1.54, 1.807) is 18.2 Å². The first-order chi connectivity index (χ1) is 9.60. The maximum absolute atomic E-state index is 12.0. The number of nitrogens with one attached hydrogen (secondary N) is 1. The van der Waals surface area contributed by atoms with Crippen LogP contribution in [-0.4, -0.2) is 17.6 Å². The number of carbonyl (C=O) groups excluding carboxylic acids is 1. The number of benzene rings is 1. The van der Waals surface area contributed by atoms with Crippen LogP contribution in [0.5, 0.6) is 0 Å². The second-order valence-electron chi connectivity index (χ2n) is 4.17. The van der Waals surface area contributed by atoms with E-state index in [0.717, 1.165) is 16.9 Å². The van der Waals surface area contributed by atoms with Crippen LogP contribution in [0.15, 0.2) is 40.7 Å². The lowest BCUT2D eigenvalue weighted by Crippen LogP contribution is -2.12. The van der Waals surface area contributed by atoms with Gasteiger partial charge >= 0.3 is 0 Å². The molecule has 0 saturated carbocycles. The molecule has 0 aliphatic carbocycles. The van der Waals surface area contributed by atoms with Gasteiger partial charge in [0.2, 0.25) is 0 Å². The highest BCUT2D eigenvalue weighted by Crippen LogP contribution is 2.23. The molecular formula is C14H14ClN3OS. The molecule has 20 heavy (non-hydrogen) atoms. The van der Waals surface area contributed by atoms with Crippen molar-refractivity contribution in [1.82, 2.24) is 0 Å². The van der Waals surface area contributed by atoms with E-state index >= 15 is 0 Å². The zero-order valence-corrected chi connectivity index (χ0v) is 12.5. The van der Waals surface area contributed by atoms with E-state index in [4.69, 9.17) is 17.3 Å². The summed E-state index contributed by atoms with van der Waals surface area (Å²) in [6, 6.07) is 9.08. The van der Waals surface area contributed by atoms with Crippen molar-refractivity contribution < 1.29 is 4.79 Å². The van der Waals surface area contributed by atoms with Crippen molar-refractivity contribution in [3.05, 3.63) is 46.2 Å². The highest BCUT2D eigenvalue weighted by atomic mass is 35.5. The van der Waals surface area contributed by atoms with Crippen LogP contribution in [0.1, 0.15) is 15.2 Å². The lowest BCUT2D eigenvalue weighted by molar-refractivity contribution is 0.103. The number of hydrogen-bond acceptors (Lipinski definition) is 3. The van der Waals surface area contributed by atoms with Gasteiger partial charge < -0.3 is 11.1 Å². The third-order valence-corrected chi connectivity index (χ3v) is 3.76. The standard InChI is InChI=1S/C14H14ClN3OS/c1-9-7-10(17-13(16)8-15)4-5-11(9)18-14(19)12-3-2-6-20-12/h2-7H,8H2,1H3,(H2,16,17)(H,18,19). The summed E-state index contributed by atoms with van der Waals surface area (Å²) >= 11 is 6.99. The molecule has 0 radical (unpaired) electrons. The van der Waals surface area contributed by atoms with Crippen LogP contribution in [0.25, 0.3) is 0 Å². The number of rotatable bonds is 4. The first-order valence-corrected chi connectivity index (χ1v) is 7.36. The fraction of sp³-hybridized carbons (Fsp3) is 0.143. The number of thiophene rings is 1. The molecule has 0 spiro atoms. The summed E-state index contributed by atoms with van der Waals surface area (Å²) in [6.45, 7) is 1.90. The van der Waals surface area contributed by atoms with E-state index in [2.05, 4.69) is 10.3 Å². The van der Waals surface area contributed by atoms with Crippen molar-refractivity contribution in [2.45, 2.75) is 6.92 Å². The number of hydrogen-bond donors (Lipinski definition) is 2. The van der Waals surface area contributed by atoms with Crippen molar-refractivity contribution in [1.29, 1.82) is 0 Å². The van der Waals surface area contributed by atoms with Crippen molar-refractivity contribution >= 4 is 46.1 Å². The van der Waals surface area contributed by atoms with Gasteiger partial charge in [-0.05, 0) is 42.1 Å². The summed E-state index contributed by atoms with van der Waals surface area (Å²) in [7, 11) is 0. The second kappa shape index (κ2) is 6.54. The highest BCUT2D eigenvalue weighted by molar-refractivity contribution is 7.12. The summed E-state index contributed by atoms with van der Waals surface area (Å²) < 4.78 is 0. The van der Waals surface area contributed by atoms with Crippen molar-refractivity contribution in [3.63, 3.8) is 0 Å². The predicted molar refractivity (Wildman–Crippen MR) is 85.5 cm³/mol. The van der Waals surface area contributed by atoms with Crippen molar-refractivity contribution in [2.75, 3.05) is 11.2 Å². The van der Waals surface area contributed by atoms with Gasteiger partial charge in [0.1, 0.15) is 5.84 Å². The number of anilines is 1. The SMILES string of the molecule is Cc1cc(N=C(N)CCl)ccc1NC(=O)c1cccs1. The molecule has 0 saturated heterocycles. The van der Waals surface area contributed by atoms with Crippen LogP contribution in [0.3, 0.4) is 0 Å². The number of amides is 1. The molecule has 1 aromatic heterocycles. The number of carbonyl (C=O) groups is 1. The first kappa shape index (κ1) is 14.6. The van der Waals surface area contributed by atoms with Crippen LogP contribution in [0.4, 0.5) is 11.4 Å². The van der Waals surface area contributed by atoms with Gasteiger partial charge in [-0.15, -0.1) is 22.9 Å². The largest absolute Gasteiger partial charge is 0.386 e. The van der Waals surface area contributed by atoms with E-state index in [0.29, 0.717) is 10.7 Å². The number of nitrogens with zero attached hydrogens (tertiary/aromatic N) is 1. The Morgan fingerprint density at radius 2 is 2.25 bits per heavy atom. The maximum Gasteiger partial charge on any atom is 0.265 e. The van der Waals surface area contributed by atoms with Gasteiger partial charge in [-0.1, -0.05) is 6.07 Å². The molecule has 1 amide bonds. The van der Waals surface area contributed by atoms with E-state index in [1.165, 1.54) is 11.3 Å². The molecule has 0 aliphatic heterocycles. The van der Waals surface area contributed by atoms with Crippen molar-refractivity contribution in [2.24, 2.45) is 10.7 Å². The third-order valence-electron chi connectivity index (χ3n) is 2.61. The van der Waals surface area contributed by atoms with Gasteiger partial charge in [0.15, 0.2) is 0 Å². The molecule has 6 heteroatoms. The minimum Gasteiger partial charge on any atom is -0.386 e. The Bertz CT molecular complexity index is 638. The molecule has 1 aromatic carbocycles. The van der Waals surface area contributed by atoms with Crippen LogP contribution >= 0.6 is 22.9 Å². The Morgan fingerprint density at radius 1 is 1.45 bits per heavy atom. The molecule has 104 valence electrons. The van der Waals surface area contributed by atoms with Crippen LogP contribution in [0, 0.1) is 6.92 Å². The summed E-state index contributed by atoms with van der Waals surface area (Å²) in [5.74, 6) is 0.441. The average molecular weight is 308 g/mol. The van der Waals surface area contributed by atoms with Gasteiger partial charge in [0.05, 0.1) is 16.4 Å². The smallest absolute Gasteiger partial charge is 0.265 e. The molecule has 4 nitrogen and oxygen atoms in total. The third kappa shape index (κ3) is 3.59. The molecular weight excluding hydrogens is 294 g/mol. The Hall–Kier alpha value is -1.85. The van der Waals surface area contributed by atoms with Gasteiger partial charge in [0.25, 0.3) is 5.91 Å². The molecule has 1 heterocycles. The fourth-order valence-corrected chi connectivity index (χ4v) is 2.32. The number of aryl methyl sites for hydroxylation is 1. The first-order valence-electron chi connectivity index (χ1n) is 5.94. The van der Waals surface area contributed by atoms with Gasteiger partial charge in [-0.25, -0.2) is 4.99 Å². The monoisotopic (exact) mass is 307 g/mol. The molecule has 0 fully saturated rings. The minimum atomic E-state index is -0.111. The number of amidine groups is 1. The topological polar surface area (TPSA) is 67.5 Å². The molecule has 2 rings (SSSR count). The summed E-state index contributed by atoms with van der Waals surface area (Å²) in [4.78, 5) is 16.8. The quantitative estimate of drug-likeness (QED) is 0.515. The average Bonchev–Trinajstić information content (AvgIpc) is 2.95. The highest BCUT2D eigenvalue weighted by Gasteiger charge is 2.08. The normalized spacial score (nSPS) is 11.4. The Kier molecular flexibility index (Phi) is 4.76. The predicted octanol–water partition coefficient (Wildman–Crippen LogP) is 3.54. The Labute approximate surface area is 126 Å². The summed E-state index contributed by atoms with van der Waals surface area (Å²) in [5, 5.41) is 4.74. The van der Waals surface area contributed by atoms with Gasteiger partial charge in [0, 0.05) is 5.69 Å². The van der Waals surface area contributed by atoms with E-state index in [1.807, 2.05) is 24.4 Å².